The van der Waals surface area contributed by atoms with E-state index in [4.69, 9.17) is 4.74 Å². The van der Waals surface area contributed by atoms with Gasteiger partial charge in [0.2, 0.25) is 0 Å². The molecule has 0 saturated carbocycles. The number of fused-ring (bicyclic) bond motifs is 1. The molecule has 0 radical (unpaired) electrons. The quantitative estimate of drug-likeness (QED) is 0.546. The van der Waals surface area contributed by atoms with Crippen molar-refractivity contribution in [3.05, 3.63) is 35.4 Å². The number of rotatable bonds is 7. The summed E-state index contributed by atoms with van der Waals surface area (Å²) < 4.78 is 5.28. The van der Waals surface area contributed by atoms with Gasteiger partial charge in [0.1, 0.15) is 5.60 Å². The summed E-state index contributed by atoms with van der Waals surface area (Å²) >= 11 is 0. The van der Waals surface area contributed by atoms with E-state index in [1.54, 1.807) is 24.3 Å². The van der Waals surface area contributed by atoms with Gasteiger partial charge < -0.3 is 15.0 Å². The third-order valence-corrected chi connectivity index (χ3v) is 5.63. The second-order valence-corrected chi connectivity index (χ2v) is 9.18. The van der Waals surface area contributed by atoms with E-state index in [1.807, 2.05) is 20.8 Å². The third-order valence-electron chi connectivity index (χ3n) is 5.63. The maximum Gasteiger partial charge on any atom is 0.407 e. The number of nitrogens with zero attached hydrogens (tertiary/aromatic N) is 2. The van der Waals surface area contributed by atoms with Gasteiger partial charge in [0, 0.05) is 13.1 Å². The molecule has 1 N–H and O–H groups in total. The summed E-state index contributed by atoms with van der Waals surface area (Å²) in [5.41, 5.74) is 0.565. The van der Waals surface area contributed by atoms with Crippen molar-refractivity contribution in [3.8, 4) is 0 Å². The Balaban J connectivity index is 1.30. The fourth-order valence-electron chi connectivity index (χ4n) is 4.00. The number of benzene rings is 1. The Morgan fingerprint density at radius 3 is 2.17 bits per heavy atom. The zero-order valence-corrected chi connectivity index (χ0v) is 18.3. The molecule has 3 rings (SSSR count). The Kier molecular flexibility index (Phi) is 7.13. The Hall–Kier alpha value is -2.41. The predicted molar refractivity (Wildman–Crippen MR) is 114 cm³/mol. The van der Waals surface area contributed by atoms with Crippen molar-refractivity contribution < 1.29 is 19.1 Å². The van der Waals surface area contributed by atoms with E-state index in [2.05, 4.69) is 10.2 Å². The smallest absolute Gasteiger partial charge is 0.407 e. The van der Waals surface area contributed by atoms with Gasteiger partial charge in [0.15, 0.2) is 0 Å². The molecule has 2 aliphatic heterocycles. The number of hydrogen-bond donors (Lipinski definition) is 1. The summed E-state index contributed by atoms with van der Waals surface area (Å²) in [6.07, 6.45) is 3.51. The van der Waals surface area contributed by atoms with Crippen LogP contribution in [0.4, 0.5) is 4.79 Å². The van der Waals surface area contributed by atoms with Gasteiger partial charge in [-0.15, -0.1) is 0 Å². The lowest BCUT2D eigenvalue weighted by molar-refractivity contribution is 0.0509. The normalized spacial score (nSPS) is 17.9. The van der Waals surface area contributed by atoms with Crippen molar-refractivity contribution in [2.75, 3.05) is 32.7 Å². The molecule has 0 spiro atoms. The van der Waals surface area contributed by atoms with Crippen LogP contribution in [-0.2, 0) is 4.74 Å². The largest absolute Gasteiger partial charge is 0.444 e. The molecule has 1 fully saturated rings. The number of carbonyl (C=O) groups excluding carboxylic acids is 3. The number of alkyl carbamates (subject to hydrolysis) is 1. The van der Waals surface area contributed by atoms with E-state index in [-0.39, 0.29) is 17.9 Å². The molecule has 3 amide bonds. The number of nitrogens with one attached hydrogen (secondary N) is 1. The highest BCUT2D eigenvalue weighted by molar-refractivity contribution is 6.21. The van der Waals surface area contributed by atoms with Crippen LogP contribution in [0, 0.1) is 5.92 Å². The van der Waals surface area contributed by atoms with Gasteiger partial charge in [-0.3, -0.25) is 14.5 Å². The van der Waals surface area contributed by atoms with Crippen molar-refractivity contribution in [1.82, 2.24) is 15.1 Å². The highest BCUT2D eigenvalue weighted by atomic mass is 16.6. The molecule has 164 valence electrons. The Morgan fingerprint density at radius 2 is 1.60 bits per heavy atom. The van der Waals surface area contributed by atoms with Gasteiger partial charge in [-0.1, -0.05) is 12.1 Å². The monoisotopic (exact) mass is 415 g/mol. The topological polar surface area (TPSA) is 79.0 Å². The number of likely N-dealkylation sites (tertiary alicyclic amines) is 1. The zero-order valence-electron chi connectivity index (χ0n) is 18.3. The summed E-state index contributed by atoms with van der Waals surface area (Å²) in [5, 5.41) is 2.87. The molecule has 0 bridgehead atoms. The number of hydrogen-bond acceptors (Lipinski definition) is 5. The number of piperidine rings is 1. The molecule has 0 aliphatic carbocycles. The van der Waals surface area contributed by atoms with Crippen molar-refractivity contribution in [3.63, 3.8) is 0 Å². The molecule has 0 unspecified atom stereocenters. The van der Waals surface area contributed by atoms with Gasteiger partial charge >= 0.3 is 6.09 Å². The first-order chi connectivity index (χ1) is 14.2. The molecule has 7 nitrogen and oxygen atoms in total. The maximum atomic E-state index is 12.4. The number of ether oxygens (including phenoxy) is 1. The average molecular weight is 416 g/mol. The molecule has 2 aliphatic rings. The number of carbonyl (C=O) groups is 3. The fourth-order valence-corrected chi connectivity index (χ4v) is 4.00. The molecule has 1 aromatic rings. The van der Waals surface area contributed by atoms with E-state index in [1.165, 1.54) is 4.90 Å². The minimum absolute atomic E-state index is 0.172. The van der Waals surface area contributed by atoms with E-state index < -0.39 is 5.60 Å². The second-order valence-electron chi connectivity index (χ2n) is 9.18. The van der Waals surface area contributed by atoms with Gasteiger partial charge in [-0.2, -0.15) is 0 Å². The van der Waals surface area contributed by atoms with Crippen LogP contribution in [0.15, 0.2) is 24.3 Å². The lowest BCUT2D eigenvalue weighted by atomic mass is 9.96. The first-order valence-electron chi connectivity index (χ1n) is 10.9. The van der Waals surface area contributed by atoms with Gasteiger partial charge in [-0.05, 0) is 84.1 Å². The molecular formula is C23H33N3O4. The highest BCUT2D eigenvalue weighted by Crippen LogP contribution is 2.23. The highest BCUT2D eigenvalue weighted by Gasteiger charge is 2.34. The maximum absolute atomic E-state index is 12.4. The molecule has 2 heterocycles. The molecular weight excluding hydrogens is 382 g/mol. The van der Waals surface area contributed by atoms with Crippen LogP contribution >= 0.6 is 0 Å². The first kappa shape index (κ1) is 22.3. The van der Waals surface area contributed by atoms with Crippen LogP contribution in [0.3, 0.4) is 0 Å². The van der Waals surface area contributed by atoms with Crippen LogP contribution in [0.1, 0.15) is 67.2 Å². The number of imide groups is 1. The minimum atomic E-state index is -0.472. The van der Waals surface area contributed by atoms with Crippen LogP contribution in [-0.4, -0.2) is 66.0 Å². The van der Waals surface area contributed by atoms with Crippen LogP contribution in [0.25, 0.3) is 0 Å². The summed E-state index contributed by atoms with van der Waals surface area (Å²) in [6.45, 7) is 9.69. The van der Waals surface area contributed by atoms with Crippen LogP contribution in [0.2, 0.25) is 0 Å². The fraction of sp³-hybridized carbons (Fsp3) is 0.609. The standard InChI is InChI=1S/C23H33N3O4/c1-23(2,3)30-22(29)24-16-17-10-14-25(15-11-17)12-6-7-13-26-20(27)18-8-4-5-9-19(18)21(26)28/h4-5,8-9,17H,6-7,10-16H2,1-3H3,(H,24,29). The Bertz CT molecular complexity index is 744. The average Bonchev–Trinajstić information content (AvgIpc) is 2.94. The minimum Gasteiger partial charge on any atom is -0.444 e. The van der Waals surface area contributed by atoms with Gasteiger partial charge in [0.25, 0.3) is 11.8 Å². The van der Waals surface area contributed by atoms with Crippen LogP contribution in [0.5, 0.6) is 0 Å². The zero-order chi connectivity index (χ0) is 21.7. The number of unbranched alkanes of at least 4 members (excludes halogenated alkanes) is 1. The predicted octanol–water partition coefficient (Wildman–Crippen LogP) is 3.30. The van der Waals surface area contributed by atoms with Crippen molar-refractivity contribution >= 4 is 17.9 Å². The molecule has 1 saturated heterocycles. The van der Waals surface area contributed by atoms with Crippen molar-refractivity contribution in [1.29, 1.82) is 0 Å². The molecule has 7 heteroatoms. The summed E-state index contributed by atoms with van der Waals surface area (Å²) in [4.78, 5) is 40.3. The van der Waals surface area contributed by atoms with E-state index in [0.29, 0.717) is 30.1 Å². The van der Waals surface area contributed by atoms with E-state index in [9.17, 15) is 14.4 Å². The lowest BCUT2D eigenvalue weighted by Gasteiger charge is -2.32. The molecule has 30 heavy (non-hydrogen) atoms. The van der Waals surface area contributed by atoms with Gasteiger partial charge in [0.05, 0.1) is 11.1 Å². The Labute approximate surface area is 178 Å². The summed E-state index contributed by atoms with van der Waals surface area (Å²) in [5.74, 6) is 0.134. The van der Waals surface area contributed by atoms with E-state index >= 15 is 0 Å². The molecule has 0 aromatic heterocycles. The first-order valence-corrected chi connectivity index (χ1v) is 10.9. The molecule has 1 aromatic carbocycles. The summed E-state index contributed by atoms with van der Waals surface area (Å²) in [6, 6.07) is 7.02. The van der Waals surface area contributed by atoms with Gasteiger partial charge in [-0.25, -0.2) is 4.79 Å². The second kappa shape index (κ2) is 9.60. The molecule has 0 atom stereocenters. The third kappa shape index (κ3) is 5.81. The Morgan fingerprint density at radius 1 is 1.03 bits per heavy atom. The van der Waals surface area contributed by atoms with Crippen LogP contribution < -0.4 is 5.32 Å². The van der Waals surface area contributed by atoms with Crippen molar-refractivity contribution in [2.24, 2.45) is 5.92 Å². The lowest BCUT2D eigenvalue weighted by Crippen LogP contribution is -2.40. The van der Waals surface area contributed by atoms with Crippen molar-refractivity contribution in [2.45, 2.75) is 52.1 Å². The SMILES string of the molecule is CC(C)(C)OC(=O)NCC1CCN(CCCCN2C(=O)c3ccccc3C2=O)CC1. The summed E-state index contributed by atoms with van der Waals surface area (Å²) in [7, 11) is 0. The number of amides is 3. The van der Waals surface area contributed by atoms with E-state index in [0.717, 1.165) is 45.3 Å².